The van der Waals surface area contributed by atoms with Crippen LogP contribution in [-0.2, 0) is 14.4 Å². The van der Waals surface area contributed by atoms with E-state index in [2.05, 4.69) is 4.98 Å². The third-order valence-electron chi connectivity index (χ3n) is 4.60. The number of nitrogens with one attached hydrogen (secondary N) is 1. The Hall–Kier alpha value is -4.20. The SMILES string of the molecule is CC(=O)Oc1ccc2c(OC(C)=O)c3[nH]c4ccccc4c(=O)c3c(OC(C)=O)c2c1. The standard InChI is InChI=1S/C23H17NO7/c1-11(25)29-14-8-9-15-17(10-14)22(30-12(2)26)19-20(23(15)31-13(3)27)24-18-7-5-4-6-16(18)21(19)28/h4-10H,1-3H3,(H,24,28). The van der Waals surface area contributed by atoms with Gasteiger partial charge in [-0.25, -0.2) is 0 Å². The minimum absolute atomic E-state index is 0.0191. The highest BCUT2D eigenvalue weighted by molar-refractivity contribution is 6.13. The highest BCUT2D eigenvalue weighted by Crippen LogP contribution is 2.43. The van der Waals surface area contributed by atoms with Crippen molar-refractivity contribution in [2.24, 2.45) is 0 Å². The number of para-hydroxylation sites is 1. The van der Waals surface area contributed by atoms with Gasteiger partial charge in [0, 0.05) is 42.4 Å². The maximum Gasteiger partial charge on any atom is 0.308 e. The van der Waals surface area contributed by atoms with Crippen molar-refractivity contribution in [2.45, 2.75) is 20.8 Å². The van der Waals surface area contributed by atoms with Crippen molar-refractivity contribution < 1.29 is 28.6 Å². The van der Waals surface area contributed by atoms with Gasteiger partial charge in [0.25, 0.3) is 0 Å². The molecule has 4 rings (SSSR count). The molecule has 0 radical (unpaired) electrons. The van der Waals surface area contributed by atoms with Gasteiger partial charge in [0.2, 0.25) is 5.43 Å². The zero-order valence-corrected chi connectivity index (χ0v) is 16.9. The smallest absolute Gasteiger partial charge is 0.308 e. The number of aromatic nitrogens is 1. The first-order valence-electron chi connectivity index (χ1n) is 9.36. The van der Waals surface area contributed by atoms with Gasteiger partial charge in [0.1, 0.15) is 5.75 Å². The summed E-state index contributed by atoms with van der Waals surface area (Å²) in [5.41, 5.74) is 0.328. The molecule has 8 nitrogen and oxygen atoms in total. The maximum atomic E-state index is 13.4. The molecule has 0 saturated carbocycles. The molecule has 1 N–H and O–H groups in total. The summed E-state index contributed by atoms with van der Waals surface area (Å²) in [5.74, 6) is -1.52. The molecule has 0 atom stereocenters. The third-order valence-corrected chi connectivity index (χ3v) is 4.60. The normalized spacial score (nSPS) is 10.9. The Labute approximate surface area is 175 Å². The van der Waals surface area contributed by atoms with Crippen molar-refractivity contribution in [3.8, 4) is 17.2 Å². The average Bonchev–Trinajstić information content (AvgIpc) is 2.69. The lowest BCUT2D eigenvalue weighted by Crippen LogP contribution is -2.12. The molecule has 3 aromatic carbocycles. The summed E-state index contributed by atoms with van der Waals surface area (Å²) in [7, 11) is 0. The summed E-state index contributed by atoms with van der Waals surface area (Å²) in [6.07, 6.45) is 0. The Morgan fingerprint density at radius 2 is 1.39 bits per heavy atom. The van der Waals surface area contributed by atoms with Gasteiger partial charge in [-0.3, -0.25) is 19.2 Å². The van der Waals surface area contributed by atoms with E-state index in [9.17, 15) is 19.2 Å². The molecule has 31 heavy (non-hydrogen) atoms. The van der Waals surface area contributed by atoms with Gasteiger partial charge in [0.15, 0.2) is 11.5 Å². The van der Waals surface area contributed by atoms with Crippen LogP contribution >= 0.6 is 0 Å². The van der Waals surface area contributed by atoms with Crippen molar-refractivity contribution in [1.82, 2.24) is 4.98 Å². The van der Waals surface area contributed by atoms with E-state index < -0.39 is 23.3 Å². The molecule has 0 fully saturated rings. The van der Waals surface area contributed by atoms with Crippen LogP contribution in [0, 0.1) is 0 Å². The number of pyridine rings is 1. The number of rotatable bonds is 3. The van der Waals surface area contributed by atoms with E-state index in [4.69, 9.17) is 14.2 Å². The monoisotopic (exact) mass is 419 g/mol. The number of carbonyl (C=O) groups excluding carboxylic acids is 3. The zero-order valence-electron chi connectivity index (χ0n) is 16.9. The molecule has 0 aliphatic carbocycles. The van der Waals surface area contributed by atoms with Crippen LogP contribution in [0.5, 0.6) is 17.2 Å². The molecule has 156 valence electrons. The van der Waals surface area contributed by atoms with Crippen molar-refractivity contribution in [1.29, 1.82) is 0 Å². The second-order valence-corrected chi connectivity index (χ2v) is 6.90. The van der Waals surface area contributed by atoms with Crippen molar-refractivity contribution in [2.75, 3.05) is 0 Å². The number of fused-ring (bicyclic) bond motifs is 3. The van der Waals surface area contributed by atoms with Gasteiger partial charge in [-0.05, 0) is 30.3 Å². The fourth-order valence-electron chi connectivity index (χ4n) is 3.53. The summed E-state index contributed by atoms with van der Waals surface area (Å²) in [6, 6.07) is 11.3. The van der Waals surface area contributed by atoms with Crippen LogP contribution in [-0.4, -0.2) is 22.9 Å². The lowest BCUT2D eigenvalue weighted by atomic mass is 10.0. The molecular weight excluding hydrogens is 402 g/mol. The summed E-state index contributed by atoms with van der Waals surface area (Å²) >= 11 is 0. The van der Waals surface area contributed by atoms with E-state index in [1.807, 2.05) is 0 Å². The summed E-state index contributed by atoms with van der Waals surface area (Å²) in [6.45, 7) is 3.70. The first kappa shape index (κ1) is 20.1. The fraction of sp³-hybridized carbons (Fsp3) is 0.130. The Bertz CT molecular complexity index is 1470. The largest absolute Gasteiger partial charge is 0.427 e. The molecule has 1 heterocycles. The molecule has 1 aromatic heterocycles. The quantitative estimate of drug-likeness (QED) is 0.307. The van der Waals surface area contributed by atoms with E-state index in [0.29, 0.717) is 16.3 Å². The van der Waals surface area contributed by atoms with Crippen LogP contribution in [0.1, 0.15) is 20.8 Å². The van der Waals surface area contributed by atoms with Gasteiger partial charge in [-0.1, -0.05) is 12.1 Å². The first-order chi connectivity index (χ1) is 14.8. The van der Waals surface area contributed by atoms with Crippen molar-refractivity contribution >= 4 is 50.5 Å². The Kier molecular flexibility index (Phi) is 4.90. The topological polar surface area (TPSA) is 112 Å². The van der Waals surface area contributed by atoms with Gasteiger partial charge >= 0.3 is 17.9 Å². The molecular formula is C23H17NO7. The number of aromatic amines is 1. The molecule has 8 heteroatoms. The Balaban J connectivity index is 2.25. The summed E-state index contributed by atoms with van der Waals surface area (Å²) in [5, 5.41) is 1.07. The van der Waals surface area contributed by atoms with E-state index >= 15 is 0 Å². The van der Waals surface area contributed by atoms with E-state index in [-0.39, 0.29) is 33.5 Å². The second-order valence-electron chi connectivity index (χ2n) is 6.90. The minimum Gasteiger partial charge on any atom is -0.427 e. The van der Waals surface area contributed by atoms with Crippen LogP contribution in [0.15, 0.2) is 47.3 Å². The molecule has 0 amide bonds. The lowest BCUT2D eigenvalue weighted by Gasteiger charge is -2.16. The fourth-order valence-corrected chi connectivity index (χ4v) is 3.53. The van der Waals surface area contributed by atoms with Gasteiger partial charge in [-0.15, -0.1) is 0 Å². The molecule has 0 aliphatic heterocycles. The predicted octanol–water partition coefficient (Wildman–Crippen LogP) is 3.61. The van der Waals surface area contributed by atoms with Crippen molar-refractivity contribution in [3.63, 3.8) is 0 Å². The zero-order chi connectivity index (χ0) is 22.3. The van der Waals surface area contributed by atoms with Gasteiger partial charge in [0.05, 0.1) is 10.9 Å². The highest BCUT2D eigenvalue weighted by atomic mass is 16.5. The molecule has 0 unspecified atom stereocenters. The van der Waals surface area contributed by atoms with Crippen molar-refractivity contribution in [3.05, 3.63) is 52.7 Å². The van der Waals surface area contributed by atoms with E-state index in [0.717, 1.165) is 0 Å². The Morgan fingerprint density at radius 3 is 2.06 bits per heavy atom. The number of carbonyl (C=O) groups is 3. The number of ether oxygens (including phenoxy) is 3. The Morgan fingerprint density at radius 1 is 0.742 bits per heavy atom. The van der Waals surface area contributed by atoms with Crippen LogP contribution < -0.4 is 19.6 Å². The number of esters is 3. The van der Waals surface area contributed by atoms with Gasteiger partial charge in [-0.2, -0.15) is 0 Å². The summed E-state index contributed by atoms with van der Waals surface area (Å²) in [4.78, 5) is 51.7. The lowest BCUT2D eigenvalue weighted by molar-refractivity contribution is -0.132. The van der Waals surface area contributed by atoms with Crippen LogP contribution in [0.2, 0.25) is 0 Å². The van der Waals surface area contributed by atoms with Gasteiger partial charge < -0.3 is 19.2 Å². The van der Waals surface area contributed by atoms with Crippen LogP contribution in [0.25, 0.3) is 32.6 Å². The number of benzene rings is 3. The summed E-state index contributed by atoms with van der Waals surface area (Å²) < 4.78 is 16.1. The van der Waals surface area contributed by atoms with Crippen LogP contribution in [0.3, 0.4) is 0 Å². The van der Waals surface area contributed by atoms with Crippen LogP contribution in [0.4, 0.5) is 0 Å². The first-order valence-corrected chi connectivity index (χ1v) is 9.36. The predicted molar refractivity (Wildman–Crippen MR) is 114 cm³/mol. The number of H-pyrrole nitrogens is 1. The average molecular weight is 419 g/mol. The maximum absolute atomic E-state index is 13.4. The molecule has 0 bridgehead atoms. The molecule has 0 spiro atoms. The number of hydrogen-bond donors (Lipinski definition) is 1. The molecule has 4 aromatic rings. The van der Waals surface area contributed by atoms with E-state index in [1.165, 1.54) is 32.9 Å². The minimum atomic E-state index is -0.645. The molecule has 0 saturated heterocycles. The number of hydrogen-bond acceptors (Lipinski definition) is 7. The highest BCUT2D eigenvalue weighted by Gasteiger charge is 2.23. The molecule has 0 aliphatic rings. The van der Waals surface area contributed by atoms with E-state index in [1.54, 1.807) is 30.3 Å². The second kappa shape index (κ2) is 7.56. The third kappa shape index (κ3) is 3.59.